The average molecular weight is 474 g/mol. The number of hydrogen-bond acceptors (Lipinski definition) is 6. The van der Waals surface area contributed by atoms with Crippen LogP contribution in [0, 0.1) is 0 Å². The first-order valence-electron chi connectivity index (χ1n) is 10.9. The van der Waals surface area contributed by atoms with Crippen LogP contribution in [0.2, 0.25) is 0 Å². The molecule has 2 N–H and O–H groups in total. The maximum absolute atomic E-state index is 12.9. The number of nitrogens with one attached hydrogen (secondary N) is 2. The maximum Gasteiger partial charge on any atom is 0.251 e. The first-order valence-corrected chi connectivity index (χ1v) is 12.4. The van der Waals surface area contributed by atoms with Gasteiger partial charge in [0.15, 0.2) is 11.5 Å². The lowest BCUT2D eigenvalue weighted by molar-refractivity contribution is -0.131. The molecule has 1 fully saturated rings. The number of fused-ring (bicyclic) bond motifs is 1. The fourth-order valence-electron chi connectivity index (χ4n) is 4.06. The molecule has 2 aromatic carbocycles. The minimum Gasteiger partial charge on any atom is -0.490 e. The summed E-state index contributed by atoms with van der Waals surface area (Å²) in [4.78, 5) is 27.2. The second-order valence-corrected chi connectivity index (χ2v) is 9.80. The summed E-state index contributed by atoms with van der Waals surface area (Å²) in [5.41, 5.74) is 1.26. The van der Waals surface area contributed by atoms with Crippen LogP contribution in [0.15, 0.2) is 47.4 Å². The van der Waals surface area contributed by atoms with Gasteiger partial charge in [-0.25, -0.2) is 13.1 Å². The molecule has 0 aromatic heterocycles. The Morgan fingerprint density at radius 2 is 1.76 bits per heavy atom. The van der Waals surface area contributed by atoms with Crippen molar-refractivity contribution in [3.8, 4) is 11.5 Å². The summed E-state index contributed by atoms with van der Waals surface area (Å²) in [6.07, 6.45) is 2.53. The lowest BCUT2D eigenvalue weighted by atomic mass is 10.0. The van der Waals surface area contributed by atoms with Gasteiger partial charge in [0.25, 0.3) is 5.91 Å². The van der Waals surface area contributed by atoms with Gasteiger partial charge in [0.2, 0.25) is 15.9 Å². The maximum atomic E-state index is 12.9. The lowest BCUT2D eigenvalue weighted by Crippen LogP contribution is -2.39. The minimum atomic E-state index is -3.58. The Kier molecular flexibility index (Phi) is 6.85. The molecule has 0 aliphatic carbocycles. The normalized spacial score (nSPS) is 18.0. The Morgan fingerprint density at radius 1 is 1.03 bits per heavy atom. The van der Waals surface area contributed by atoms with E-state index in [-0.39, 0.29) is 29.0 Å². The van der Waals surface area contributed by atoms with Gasteiger partial charge < -0.3 is 19.7 Å². The molecule has 1 atom stereocenters. The van der Waals surface area contributed by atoms with Gasteiger partial charge in [-0.3, -0.25) is 9.59 Å². The number of likely N-dealkylation sites (tertiary alicyclic amines) is 1. The number of carbonyl (C=O) groups excluding carboxylic acids is 2. The summed E-state index contributed by atoms with van der Waals surface area (Å²) in [6.45, 7) is 1.69. The molecule has 2 aliphatic rings. The van der Waals surface area contributed by atoms with Crippen molar-refractivity contribution in [2.75, 3.05) is 33.4 Å². The third-order valence-electron chi connectivity index (χ3n) is 5.83. The summed E-state index contributed by atoms with van der Waals surface area (Å²) in [7, 11) is -2.26. The second kappa shape index (κ2) is 9.80. The first kappa shape index (κ1) is 23.1. The molecule has 176 valence electrons. The van der Waals surface area contributed by atoms with Crippen molar-refractivity contribution < 1.29 is 27.5 Å². The molecule has 0 unspecified atom stereocenters. The van der Waals surface area contributed by atoms with E-state index < -0.39 is 15.9 Å². The van der Waals surface area contributed by atoms with E-state index in [1.165, 1.54) is 31.3 Å². The van der Waals surface area contributed by atoms with Crippen molar-refractivity contribution in [2.45, 2.75) is 30.2 Å². The summed E-state index contributed by atoms with van der Waals surface area (Å²) in [5, 5.41) is 2.64. The average Bonchev–Trinajstić information content (AvgIpc) is 3.21. The molecule has 9 nitrogen and oxygen atoms in total. The van der Waals surface area contributed by atoms with Crippen LogP contribution in [0.25, 0.3) is 0 Å². The highest BCUT2D eigenvalue weighted by Crippen LogP contribution is 2.37. The van der Waals surface area contributed by atoms with Crippen LogP contribution in [-0.4, -0.2) is 58.5 Å². The van der Waals surface area contributed by atoms with Gasteiger partial charge in [-0.2, -0.15) is 0 Å². The molecule has 2 amide bonds. The zero-order valence-corrected chi connectivity index (χ0v) is 19.2. The van der Waals surface area contributed by atoms with Gasteiger partial charge >= 0.3 is 0 Å². The number of benzene rings is 2. The predicted octanol–water partition coefficient (Wildman–Crippen LogP) is 1.85. The zero-order chi connectivity index (χ0) is 23.4. The van der Waals surface area contributed by atoms with Crippen LogP contribution in [-0.2, 0) is 14.8 Å². The summed E-state index contributed by atoms with van der Waals surface area (Å²) in [6, 6.07) is 11.2. The van der Waals surface area contributed by atoms with Crippen LogP contribution in [0.4, 0.5) is 0 Å². The van der Waals surface area contributed by atoms with Gasteiger partial charge in [0.1, 0.15) is 0 Å². The molecule has 0 radical (unpaired) electrons. The van der Waals surface area contributed by atoms with Crippen molar-refractivity contribution in [1.29, 1.82) is 0 Å². The number of hydrogen-bond donors (Lipinski definition) is 2. The first-order chi connectivity index (χ1) is 15.9. The highest BCUT2D eigenvalue weighted by Gasteiger charge is 2.31. The quantitative estimate of drug-likeness (QED) is 0.662. The molecule has 1 saturated heterocycles. The van der Waals surface area contributed by atoms with E-state index in [0.717, 1.165) is 24.8 Å². The van der Waals surface area contributed by atoms with Crippen molar-refractivity contribution in [2.24, 2.45) is 0 Å². The summed E-state index contributed by atoms with van der Waals surface area (Å²) in [5.74, 6) is 0.796. The van der Waals surface area contributed by atoms with E-state index in [1.807, 2.05) is 18.2 Å². The molecular weight excluding hydrogens is 446 g/mol. The number of rotatable bonds is 6. The zero-order valence-electron chi connectivity index (χ0n) is 18.4. The van der Waals surface area contributed by atoms with Crippen LogP contribution < -0.4 is 19.5 Å². The molecule has 0 bridgehead atoms. The molecule has 10 heteroatoms. The SMILES string of the molecule is CNS(=O)(=O)c1ccc(C(=O)NCC(=O)N2CCC[C@H]2c2ccc3c(c2)OCCCO3)cc1. The highest BCUT2D eigenvalue weighted by atomic mass is 32.2. The van der Waals surface area contributed by atoms with E-state index in [0.29, 0.717) is 31.3 Å². The van der Waals surface area contributed by atoms with Crippen LogP contribution in [0.5, 0.6) is 11.5 Å². The van der Waals surface area contributed by atoms with Crippen LogP contribution in [0.3, 0.4) is 0 Å². The molecular formula is C23H27N3O6S. The monoisotopic (exact) mass is 473 g/mol. The van der Waals surface area contributed by atoms with E-state index in [1.54, 1.807) is 4.90 Å². The molecule has 2 heterocycles. The van der Waals surface area contributed by atoms with Gasteiger partial charge in [-0.1, -0.05) is 6.07 Å². The second-order valence-electron chi connectivity index (χ2n) is 7.92. The number of sulfonamides is 1. The lowest BCUT2D eigenvalue weighted by Gasteiger charge is -2.26. The van der Waals surface area contributed by atoms with Gasteiger partial charge in [-0.15, -0.1) is 0 Å². The number of ether oxygens (including phenoxy) is 2. The molecule has 0 saturated carbocycles. The predicted molar refractivity (Wildman–Crippen MR) is 121 cm³/mol. The Hall–Kier alpha value is -3.11. The van der Waals surface area contributed by atoms with E-state index in [2.05, 4.69) is 10.0 Å². The minimum absolute atomic E-state index is 0.0627. The van der Waals surface area contributed by atoms with Crippen molar-refractivity contribution in [3.63, 3.8) is 0 Å². The Bertz CT molecular complexity index is 1130. The molecule has 4 rings (SSSR count). The Labute approximate surface area is 193 Å². The summed E-state index contributed by atoms with van der Waals surface area (Å²) < 4.78 is 37.3. The third kappa shape index (κ3) is 5.12. The fourth-order valence-corrected chi connectivity index (χ4v) is 4.79. The highest BCUT2D eigenvalue weighted by molar-refractivity contribution is 7.89. The largest absolute Gasteiger partial charge is 0.490 e. The van der Waals surface area contributed by atoms with Crippen LogP contribution >= 0.6 is 0 Å². The number of nitrogens with zero attached hydrogens (tertiary/aromatic N) is 1. The van der Waals surface area contributed by atoms with Crippen molar-refractivity contribution in [3.05, 3.63) is 53.6 Å². The van der Waals surface area contributed by atoms with E-state index in [4.69, 9.17) is 9.47 Å². The molecule has 0 spiro atoms. The summed E-state index contributed by atoms with van der Waals surface area (Å²) >= 11 is 0. The Morgan fingerprint density at radius 3 is 2.48 bits per heavy atom. The van der Waals surface area contributed by atoms with E-state index in [9.17, 15) is 18.0 Å². The Balaban J connectivity index is 1.39. The van der Waals surface area contributed by atoms with Crippen molar-refractivity contribution in [1.82, 2.24) is 14.9 Å². The number of amides is 2. The molecule has 2 aromatic rings. The van der Waals surface area contributed by atoms with Gasteiger partial charge in [-0.05, 0) is 61.9 Å². The van der Waals surface area contributed by atoms with Crippen molar-refractivity contribution >= 4 is 21.8 Å². The smallest absolute Gasteiger partial charge is 0.251 e. The standard InChI is InChI=1S/C23H27N3O6S/c1-24-33(29,30)18-8-5-16(6-9-18)23(28)25-15-22(27)26-11-2-4-19(26)17-7-10-20-21(14-17)32-13-3-12-31-20/h5-10,14,19,24H,2-4,11-13,15H2,1H3,(H,25,28)/t19-/m0/s1. The number of carbonyl (C=O) groups is 2. The van der Waals surface area contributed by atoms with Gasteiger partial charge in [0.05, 0.1) is 30.7 Å². The molecule has 2 aliphatic heterocycles. The third-order valence-corrected chi connectivity index (χ3v) is 7.26. The van der Waals surface area contributed by atoms with Gasteiger partial charge in [0, 0.05) is 18.5 Å². The van der Waals surface area contributed by atoms with E-state index >= 15 is 0 Å². The fraction of sp³-hybridized carbons (Fsp3) is 0.391. The topological polar surface area (TPSA) is 114 Å². The van der Waals surface area contributed by atoms with Crippen LogP contribution in [0.1, 0.15) is 41.2 Å². The molecule has 33 heavy (non-hydrogen) atoms.